The fourth-order valence-electron chi connectivity index (χ4n) is 2.15. The Labute approximate surface area is 111 Å². The maximum atomic E-state index is 5.67. The summed E-state index contributed by atoms with van der Waals surface area (Å²) in [5, 5.41) is 3.36. The first-order chi connectivity index (χ1) is 8.59. The van der Waals surface area contributed by atoms with Gasteiger partial charge in [-0.1, -0.05) is 19.9 Å². The van der Waals surface area contributed by atoms with Crippen LogP contribution >= 0.6 is 0 Å². The van der Waals surface area contributed by atoms with Gasteiger partial charge in [-0.3, -0.25) is 4.98 Å². The Morgan fingerprint density at radius 1 is 1.39 bits per heavy atom. The Bertz CT molecular complexity index is 344. The fourth-order valence-corrected chi connectivity index (χ4v) is 2.15. The average Bonchev–Trinajstić information content (AvgIpc) is 2.44. The zero-order valence-corrected chi connectivity index (χ0v) is 12.3. The fraction of sp³-hybridized carbons (Fsp3) is 0.667. The number of aryl methyl sites for hydroxylation is 1. The first-order valence-corrected chi connectivity index (χ1v) is 6.75. The second-order valence-corrected chi connectivity index (χ2v) is 4.93. The number of rotatable bonds is 7. The molecule has 1 aromatic heterocycles. The van der Waals surface area contributed by atoms with Crippen molar-refractivity contribution in [2.45, 2.75) is 51.7 Å². The summed E-state index contributed by atoms with van der Waals surface area (Å²) in [4.78, 5) is 4.52. The lowest BCUT2D eigenvalue weighted by atomic mass is 9.89. The monoisotopic (exact) mass is 250 g/mol. The van der Waals surface area contributed by atoms with E-state index < -0.39 is 0 Å². The van der Waals surface area contributed by atoms with E-state index in [0.717, 1.165) is 25.0 Å². The lowest BCUT2D eigenvalue weighted by Gasteiger charge is -2.35. The summed E-state index contributed by atoms with van der Waals surface area (Å²) >= 11 is 0. The van der Waals surface area contributed by atoms with Crippen LogP contribution in [0, 0.1) is 0 Å². The van der Waals surface area contributed by atoms with Gasteiger partial charge in [0.2, 0.25) is 0 Å². The molecule has 1 aromatic rings. The zero-order valence-electron chi connectivity index (χ0n) is 12.3. The minimum Gasteiger partial charge on any atom is -0.377 e. The highest BCUT2D eigenvalue weighted by Crippen LogP contribution is 2.21. The van der Waals surface area contributed by atoms with Crippen LogP contribution in [0.15, 0.2) is 18.3 Å². The van der Waals surface area contributed by atoms with Crippen molar-refractivity contribution in [3.8, 4) is 0 Å². The lowest BCUT2D eigenvalue weighted by molar-refractivity contribution is -0.0270. The van der Waals surface area contributed by atoms with Crippen LogP contribution in [0.3, 0.4) is 0 Å². The van der Waals surface area contributed by atoms with Gasteiger partial charge in [-0.15, -0.1) is 0 Å². The van der Waals surface area contributed by atoms with E-state index in [1.54, 1.807) is 7.11 Å². The number of hydrogen-bond acceptors (Lipinski definition) is 3. The van der Waals surface area contributed by atoms with E-state index >= 15 is 0 Å². The number of nitrogens with one attached hydrogen (secondary N) is 1. The summed E-state index contributed by atoms with van der Waals surface area (Å²) in [5.74, 6) is 0. The third-order valence-electron chi connectivity index (χ3n) is 3.96. The molecule has 102 valence electrons. The quantitative estimate of drug-likeness (QED) is 0.807. The van der Waals surface area contributed by atoms with E-state index in [0.29, 0.717) is 0 Å². The molecule has 3 heteroatoms. The molecule has 3 nitrogen and oxygen atoms in total. The molecule has 1 rings (SSSR count). The highest BCUT2D eigenvalue weighted by atomic mass is 16.5. The third kappa shape index (κ3) is 3.53. The van der Waals surface area contributed by atoms with Crippen molar-refractivity contribution in [2.24, 2.45) is 0 Å². The Hall–Kier alpha value is -0.930. The number of nitrogens with zero attached hydrogens (tertiary/aromatic N) is 1. The van der Waals surface area contributed by atoms with Crippen LogP contribution in [-0.2, 0) is 17.6 Å². The van der Waals surface area contributed by atoms with E-state index in [1.165, 1.54) is 5.56 Å². The Kier molecular flexibility index (Phi) is 5.76. The van der Waals surface area contributed by atoms with Gasteiger partial charge < -0.3 is 10.1 Å². The molecule has 18 heavy (non-hydrogen) atoms. The molecule has 0 saturated carbocycles. The largest absolute Gasteiger partial charge is 0.377 e. The van der Waals surface area contributed by atoms with Gasteiger partial charge in [0.15, 0.2) is 0 Å². The number of ether oxygens (including phenoxy) is 1. The van der Waals surface area contributed by atoms with Crippen LogP contribution < -0.4 is 5.32 Å². The molecule has 1 N–H and O–H groups in total. The lowest BCUT2D eigenvalue weighted by Crippen LogP contribution is -2.49. The molecule has 0 fully saturated rings. The maximum Gasteiger partial charge on any atom is 0.0804 e. The number of likely N-dealkylation sites (N-methyl/N-ethyl adjacent to an activating group) is 1. The number of hydrogen-bond donors (Lipinski definition) is 1. The van der Waals surface area contributed by atoms with Crippen LogP contribution in [0.2, 0.25) is 0 Å². The van der Waals surface area contributed by atoms with Crippen LogP contribution in [0.1, 0.15) is 38.4 Å². The smallest absolute Gasteiger partial charge is 0.0804 e. The standard InChI is InChI=1S/C15H26N2O/c1-6-12-8-9-13(17-11-12)10-14(16-4)15(3,7-2)18-5/h8-9,11,14,16H,6-7,10H2,1-5H3. The Balaban J connectivity index is 2.78. The van der Waals surface area contributed by atoms with E-state index in [-0.39, 0.29) is 11.6 Å². The normalized spacial score (nSPS) is 16.3. The predicted octanol–water partition coefficient (Wildman–Crippen LogP) is 2.59. The second-order valence-electron chi connectivity index (χ2n) is 4.93. The van der Waals surface area contributed by atoms with Crippen molar-refractivity contribution in [1.82, 2.24) is 10.3 Å². The highest BCUT2D eigenvalue weighted by Gasteiger charge is 2.31. The van der Waals surface area contributed by atoms with Crippen molar-refractivity contribution < 1.29 is 4.74 Å². The Morgan fingerprint density at radius 2 is 2.11 bits per heavy atom. The number of pyridine rings is 1. The van der Waals surface area contributed by atoms with Gasteiger partial charge in [-0.2, -0.15) is 0 Å². The summed E-state index contributed by atoms with van der Waals surface area (Å²) in [7, 11) is 3.76. The molecule has 2 unspecified atom stereocenters. The van der Waals surface area contributed by atoms with Gasteiger partial charge >= 0.3 is 0 Å². The van der Waals surface area contributed by atoms with Crippen molar-refractivity contribution in [2.75, 3.05) is 14.2 Å². The second kappa shape index (κ2) is 6.86. The molecule has 2 atom stereocenters. The first kappa shape index (κ1) is 15.1. The minimum absolute atomic E-state index is 0.153. The molecule has 0 bridgehead atoms. The number of methoxy groups -OCH3 is 1. The predicted molar refractivity (Wildman–Crippen MR) is 75.9 cm³/mol. The van der Waals surface area contributed by atoms with E-state index in [4.69, 9.17) is 4.74 Å². The van der Waals surface area contributed by atoms with Gasteiger partial charge in [-0.25, -0.2) is 0 Å². The average molecular weight is 250 g/mol. The molecular formula is C15H26N2O. The number of aromatic nitrogens is 1. The van der Waals surface area contributed by atoms with Gasteiger partial charge in [0.1, 0.15) is 0 Å². The van der Waals surface area contributed by atoms with E-state index in [9.17, 15) is 0 Å². The highest BCUT2D eigenvalue weighted by molar-refractivity contribution is 5.15. The van der Waals surface area contributed by atoms with Crippen molar-refractivity contribution in [3.63, 3.8) is 0 Å². The molecule has 0 spiro atoms. The molecule has 0 aliphatic carbocycles. The molecule has 0 aliphatic heterocycles. The molecule has 0 amide bonds. The Morgan fingerprint density at radius 3 is 2.50 bits per heavy atom. The molecular weight excluding hydrogens is 224 g/mol. The molecule has 0 aliphatic rings. The zero-order chi connectivity index (χ0) is 13.6. The first-order valence-electron chi connectivity index (χ1n) is 6.75. The molecule has 0 radical (unpaired) electrons. The van der Waals surface area contributed by atoms with Crippen LogP contribution in [0.25, 0.3) is 0 Å². The van der Waals surface area contributed by atoms with Gasteiger partial charge in [0.05, 0.1) is 5.60 Å². The SMILES string of the molecule is CCc1ccc(CC(NC)C(C)(CC)OC)nc1. The maximum absolute atomic E-state index is 5.67. The van der Waals surface area contributed by atoms with Gasteiger partial charge in [-0.05, 0) is 38.4 Å². The summed E-state index contributed by atoms with van der Waals surface area (Å²) in [5.41, 5.74) is 2.24. The van der Waals surface area contributed by atoms with Crippen LogP contribution in [0.5, 0.6) is 0 Å². The topological polar surface area (TPSA) is 34.1 Å². The third-order valence-corrected chi connectivity index (χ3v) is 3.96. The van der Waals surface area contributed by atoms with Gasteiger partial charge in [0.25, 0.3) is 0 Å². The van der Waals surface area contributed by atoms with Crippen LogP contribution in [0.4, 0.5) is 0 Å². The van der Waals surface area contributed by atoms with Crippen molar-refractivity contribution in [3.05, 3.63) is 29.6 Å². The van der Waals surface area contributed by atoms with E-state index in [2.05, 4.69) is 43.2 Å². The molecule has 0 saturated heterocycles. The van der Waals surface area contributed by atoms with Crippen LogP contribution in [-0.4, -0.2) is 30.8 Å². The summed E-state index contributed by atoms with van der Waals surface area (Å²) in [6.07, 6.45) is 4.87. The summed E-state index contributed by atoms with van der Waals surface area (Å²) in [6.45, 7) is 6.45. The molecule has 0 aromatic carbocycles. The van der Waals surface area contributed by atoms with Gasteiger partial charge in [0, 0.05) is 31.5 Å². The van der Waals surface area contributed by atoms with Crippen molar-refractivity contribution in [1.29, 1.82) is 0 Å². The minimum atomic E-state index is -0.153. The molecule has 1 heterocycles. The van der Waals surface area contributed by atoms with E-state index in [1.807, 2.05) is 13.2 Å². The summed E-state index contributed by atoms with van der Waals surface area (Å²) < 4.78 is 5.67. The summed E-state index contributed by atoms with van der Waals surface area (Å²) in [6, 6.07) is 4.55. The van der Waals surface area contributed by atoms with Crippen molar-refractivity contribution >= 4 is 0 Å².